The average molecular weight is 567 g/mol. The van der Waals surface area contributed by atoms with Gasteiger partial charge in [-0.15, -0.1) is 0 Å². The Labute approximate surface area is 240 Å². The summed E-state index contributed by atoms with van der Waals surface area (Å²) >= 11 is 0. The maximum absolute atomic E-state index is 13.7. The zero-order chi connectivity index (χ0) is 29.4. The second kappa shape index (κ2) is 11.1. The summed E-state index contributed by atoms with van der Waals surface area (Å²) in [6.45, 7) is 1.21. The van der Waals surface area contributed by atoms with Crippen LogP contribution in [-0.4, -0.2) is 46.2 Å². The van der Waals surface area contributed by atoms with Crippen LogP contribution in [0.4, 0.5) is 0 Å². The highest BCUT2D eigenvalue weighted by molar-refractivity contribution is 5.91. The number of amides is 1. The molecule has 1 atom stereocenters. The zero-order valence-corrected chi connectivity index (χ0v) is 23.1. The van der Waals surface area contributed by atoms with Gasteiger partial charge in [0.05, 0.1) is 12.6 Å². The maximum Gasteiger partial charge on any atom is 0.252 e. The van der Waals surface area contributed by atoms with E-state index in [0.717, 1.165) is 25.3 Å². The smallest absolute Gasteiger partial charge is 0.252 e. The van der Waals surface area contributed by atoms with Crippen molar-refractivity contribution >= 4 is 27.8 Å². The minimum absolute atomic E-state index is 0.0791. The van der Waals surface area contributed by atoms with E-state index in [1.807, 2.05) is 6.07 Å². The van der Waals surface area contributed by atoms with Crippen molar-refractivity contribution < 1.29 is 24.2 Å². The number of hydrogen-bond donors (Lipinski definition) is 3. The molecule has 2 aromatic heterocycles. The van der Waals surface area contributed by atoms with Gasteiger partial charge >= 0.3 is 0 Å². The van der Waals surface area contributed by atoms with Gasteiger partial charge in [-0.1, -0.05) is 30.3 Å². The van der Waals surface area contributed by atoms with Crippen molar-refractivity contribution in [1.29, 1.82) is 0 Å². The summed E-state index contributed by atoms with van der Waals surface area (Å²) in [5.74, 6) is -1.23. The molecule has 9 heteroatoms. The summed E-state index contributed by atoms with van der Waals surface area (Å²) < 4.78 is 11.5. The lowest BCUT2D eigenvalue weighted by atomic mass is 9.85. The molecule has 42 heavy (non-hydrogen) atoms. The van der Waals surface area contributed by atoms with Gasteiger partial charge < -0.3 is 29.3 Å². The first-order valence-electron chi connectivity index (χ1n) is 13.9. The number of aromatic hydroxyl groups is 2. The zero-order valence-electron chi connectivity index (χ0n) is 23.1. The molecule has 0 saturated carbocycles. The fourth-order valence-corrected chi connectivity index (χ4v) is 5.80. The standard InChI is InChI=1S/C33H30N2O7/c1-41-21-11-10-20-14-23(33(40)34-24(20)15-21)22(16-29(39)35-12-6-3-7-13-35)30-25(36)17-26(37)31-27(38)18-28(42-32(30)31)19-8-4-2-5-9-19/h2,4-5,8-11,14-15,17-18,22,36-37H,3,6-7,12-13,16H2,1H3,(H,34,40)/t22-/m0/s1. The summed E-state index contributed by atoms with van der Waals surface area (Å²) in [6, 6.07) is 18.2. The molecule has 1 fully saturated rings. The van der Waals surface area contributed by atoms with Crippen molar-refractivity contribution in [2.75, 3.05) is 20.2 Å². The van der Waals surface area contributed by atoms with Crippen molar-refractivity contribution in [2.45, 2.75) is 31.6 Å². The van der Waals surface area contributed by atoms with Crippen molar-refractivity contribution in [3.8, 4) is 28.6 Å². The summed E-state index contributed by atoms with van der Waals surface area (Å²) in [5.41, 5.74) is 0.397. The summed E-state index contributed by atoms with van der Waals surface area (Å²) in [7, 11) is 1.53. The van der Waals surface area contributed by atoms with E-state index in [4.69, 9.17) is 9.15 Å². The highest BCUT2D eigenvalue weighted by atomic mass is 16.5. The molecule has 1 saturated heterocycles. The number of ether oxygens (including phenoxy) is 1. The maximum atomic E-state index is 13.7. The molecule has 1 aliphatic heterocycles. The van der Waals surface area contributed by atoms with Crippen molar-refractivity contribution in [1.82, 2.24) is 9.88 Å². The molecule has 3 aromatic carbocycles. The first kappa shape index (κ1) is 27.1. The van der Waals surface area contributed by atoms with Gasteiger partial charge in [0, 0.05) is 60.3 Å². The number of piperidine rings is 1. The third-order valence-corrected chi connectivity index (χ3v) is 7.95. The van der Waals surface area contributed by atoms with Crippen molar-refractivity contribution in [3.63, 3.8) is 0 Å². The summed E-state index contributed by atoms with van der Waals surface area (Å²) in [4.78, 5) is 45.3. The number of nitrogens with zero attached hydrogens (tertiary/aromatic N) is 1. The first-order chi connectivity index (χ1) is 20.3. The van der Waals surface area contributed by atoms with Gasteiger partial charge in [-0.2, -0.15) is 0 Å². The molecule has 9 nitrogen and oxygen atoms in total. The van der Waals surface area contributed by atoms with Crippen LogP contribution < -0.4 is 15.7 Å². The predicted octanol–water partition coefficient (Wildman–Crippen LogP) is 5.26. The van der Waals surface area contributed by atoms with Gasteiger partial charge in [-0.25, -0.2) is 0 Å². The number of phenols is 2. The number of nitrogens with one attached hydrogen (secondary N) is 1. The van der Waals surface area contributed by atoms with Crippen LogP contribution >= 0.6 is 0 Å². The monoisotopic (exact) mass is 566 g/mol. The molecule has 0 radical (unpaired) electrons. The third-order valence-electron chi connectivity index (χ3n) is 7.95. The van der Waals surface area contributed by atoms with Crippen LogP contribution in [0.25, 0.3) is 33.2 Å². The van der Waals surface area contributed by atoms with Crippen LogP contribution in [0.15, 0.2) is 80.7 Å². The molecule has 6 rings (SSSR count). The number of phenolic OH excluding ortho intramolecular Hbond substituents is 2. The summed E-state index contributed by atoms with van der Waals surface area (Å²) in [5, 5.41) is 22.6. The van der Waals surface area contributed by atoms with Crippen LogP contribution in [0, 0.1) is 0 Å². The Kier molecular flexibility index (Phi) is 7.16. The lowest BCUT2D eigenvalue weighted by Gasteiger charge is -2.29. The van der Waals surface area contributed by atoms with Crippen LogP contribution in [0.3, 0.4) is 0 Å². The van der Waals surface area contributed by atoms with E-state index < -0.39 is 22.7 Å². The molecule has 3 heterocycles. The van der Waals surface area contributed by atoms with Gasteiger partial charge in [0.15, 0.2) is 5.43 Å². The highest BCUT2D eigenvalue weighted by Crippen LogP contribution is 2.43. The molecule has 214 valence electrons. The number of likely N-dealkylation sites (tertiary alicyclic amines) is 1. The van der Waals surface area contributed by atoms with E-state index in [0.29, 0.717) is 35.3 Å². The molecule has 3 N–H and O–H groups in total. The van der Waals surface area contributed by atoms with E-state index in [9.17, 15) is 24.6 Å². The normalized spacial score (nSPS) is 14.3. The molecule has 0 spiro atoms. The second-order valence-electron chi connectivity index (χ2n) is 10.6. The Hall–Kier alpha value is -5.05. The van der Waals surface area contributed by atoms with Gasteiger partial charge in [0.1, 0.15) is 34.0 Å². The number of rotatable bonds is 6. The molecule has 0 bridgehead atoms. The van der Waals surface area contributed by atoms with E-state index in [1.165, 1.54) is 13.2 Å². The fourth-order valence-electron chi connectivity index (χ4n) is 5.80. The fraction of sp³-hybridized carbons (Fsp3) is 0.242. The van der Waals surface area contributed by atoms with Gasteiger partial charge in [0.2, 0.25) is 5.91 Å². The van der Waals surface area contributed by atoms with E-state index >= 15 is 0 Å². The summed E-state index contributed by atoms with van der Waals surface area (Å²) in [6.07, 6.45) is 2.66. The number of pyridine rings is 1. The Bertz CT molecular complexity index is 1920. The molecule has 1 amide bonds. The van der Waals surface area contributed by atoms with Crippen molar-refractivity contribution in [2.24, 2.45) is 0 Å². The molecule has 0 aliphatic carbocycles. The number of methoxy groups -OCH3 is 1. The first-order valence-corrected chi connectivity index (χ1v) is 13.9. The Morgan fingerprint density at radius 1 is 0.976 bits per heavy atom. The minimum Gasteiger partial charge on any atom is -0.507 e. The number of aromatic amines is 1. The number of aromatic nitrogens is 1. The Balaban J connectivity index is 1.60. The number of carbonyl (C=O) groups excluding carboxylic acids is 1. The number of fused-ring (bicyclic) bond motifs is 2. The number of carbonyl (C=O) groups is 1. The van der Waals surface area contributed by atoms with E-state index in [1.54, 1.807) is 53.4 Å². The second-order valence-corrected chi connectivity index (χ2v) is 10.6. The predicted molar refractivity (Wildman–Crippen MR) is 159 cm³/mol. The van der Waals surface area contributed by atoms with E-state index in [-0.39, 0.29) is 45.9 Å². The molecule has 0 unspecified atom stereocenters. The third kappa shape index (κ3) is 4.98. The van der Waals surface area contributed by atoms with Gasteiger partial charge in [-0.3, -0.25) is 14.4 Å². The number of benzene rings is 3. The lowest BCUT2D eigenvalue weighted by Crippen LogP contribution is -2.37. The number of hydrogen-bond acceptors (Lipinski definition) is 7. The van der Waals surface area contributed by atoms with Crippen LogP contribution in [0.5, 0.6) is 17.2 Å². The SMILES string of the molecule is COc1ccc2cc([C@H](CC(=O)N3CCCCC3)c3c(O)cc(O)c4c(=O)cc(-c5ccccc5)oc34)c(=O)[nH]c2c1. The highest BCUT2D eigenvalue weighted by Gasteiger charge is 2.31. The number of H-pyrrole nitrogens is 1. The van der Waals surface area contributed by atoms with Crippen LogP contribution in [-0.2, 0) is 4.79 Å². The van der Waals surface area contributed by atoms with Gasteiger partial charge in [-0.05, 0) is 42.8 Å². The quantitative estimate of drug-likeness (QED) is 0.255. The molecular formula is C33H30N2O7. The van der Waals surface area contributed by atoms with E-state index in [2.05, 4.69) is 4.98 Å². The Morgan fingerprint density at radius 3 is 2.48 bits per heavy atom. The Morgan fingerprint density at radius 2 is 1.74 bits per heavy atom. The molecular weight excluding hydrogens is 536 g/mol. The van der Waals surface area contributed by atoms with Crippen LogP contribution in [0.2, 0.25) is 0 Å². The molecule has 5 aromatic rings. The van der Waals surface area contributed by atoms with Crippen molar-refractivity contribution in [3.05, 3.63) is 98.4 Å². The van der Waals surface area contributed by atoms with Gasteiger partial charge in [0.25, 0.3) is 5.56 Å². The van der Waals surface area contributed by atoms with Crippen LogP contribution in [0.1, 0.15) is 42.7 Å². The topological polar surface area (TPSA) is 133 Å². The molecule has 1 aliphatic rings. The minimum atomic E-state index is -0.994. The largest absolute Gasteiger partial charge is 0.507 e. The lowest BCUT2D eigenvalue weighted by molar-refractivity contribution is -0.132. The average Bonchev–Trinajstić information content (AvgIpc) is 3.00.